The molecule has 1 saturated carbocycles. The van der Waals surface area contributed by atoms with E-state index in [1.54, 1.807) is 6.08 Å². The van der Waals surface area contributed by atoms with E-state index < -0.39 is 13.9 Å². The summed E-state index contributed by atoms with van der Waals surface area (Å²) >= 11 is 0. The van der Waals surface area contributed by atoms with Gasteiger partial charge in [0.25, 0.3) is 0 Å². The second-order valence-corrected chi connectivity index (χ2v) is 14.6. The Balaban J connectivity index is 3.04. The maximum absolute atomic E-state index is 11.4. The van der Waals surface area contributed by atoms with Gasteiger partial charge in [0, 0.05) is 11.5 Å². The zero-order valence-electron chi connectivity index (χ0n) is 17.7. The largest absolute Gasteiger partial charge is 0.414 e. The Morgan fingerprint density at radius 3 is 2.32 bits per heavy atom. The minimum Gasteiger partial charge on any atom is -0.414 e. The third-order valence-electron chi connectivity index (χ3n) is 6.21. The maximum Gasteiger partial charge on any atom is 0.192 e. The molecule has 0 heterocycles. The first-order valence-corrected chi connectivity index (χ1v) is 12.3. The van der Waals surface area contributed by atoms with E-state index in [2.05, 4.69) is 66.5 Å². The minimum atomic E-state index is -1.83. The second-order valence-electron chi connectivity index (χ2n) is 9.81. The number of aliphatic hydroxyl groups is 2. The molecule has 0 saturated heterocycles. The van der Waals surface area contributed by atoms with E-state index in [1.165, 1.54) is 0 Å². The molecule has 1 aliphatic carbocycles. The molecular weight excluding hydrogens is 328 g/mol. The third-order valence-corrected chi connectivity index (χ3v) is 10.7. The first-order chi connectivity index (χ1) is 11.2. The molecule has 1 aliphatic rings. The molecule has 0 aromatic carbocycles. The molecule has 1 rings (SSSR count). The lowest BCUT2D eigenvalue weighted by atomic mass is 9.60. The topological polar surface area (TPSA) is 49.7 Å². The van der Waals surface area contributed by atoms with Gasteiger partial charge >= 0.3 is 0 Å². The SMILES string of the molecule is CC(C#CC1(O)[C@@H](C)C[C@@H](O[Si](C)(C)C(C)(C)C)CC1(C)C)=CCO. The van der Waals surface area contributed by atoms with Crippen LogP contribution in [0.15, 0.2) is 11.6 Å². The standard InChI is InChI=1S/C21H38O3Si/c1-16(11-13-22)10-12-21(23)17(2)14-18(15-20(21,6)7)24-25(8,9)19(3,4)5/h11,17-18,22-23H,13-15H2,1-9H3/t17-,18+,21?/m0/s1. The molecule has 1 unspecified atom stereocenters. The highest BCUT2D eigenvalue weighted by atomic mass is 28.4. The summed E-state index contributed by atoms with van der Waals surface area (Å²) in [4.78, 5) is 0. The van der Waals surface area contributed by atoms with Gasteiger partial charge in [-0.2, -0.15) is 0 Å². The van der Waals surface area contributed by atoms with Gasteiger partial charge < -0.3 is 14.6 Å². The normalized spacial score (nSPS) is 30.6. The zero-order chi connectivity index (χ0) is 19.7. The van der Waals surface area contributed by atoms with Gasteiger partial charge in [-0.1, -0.05) is 53.4 Å². The highest BCUT2D eigenvalue weighted by Gasteiger charge is 2.53. The second kappa shape index (κ2) is 7.56. The Bertz CT molecular complexity index is 560. The van der Waals surface area contributed by atoms with Gasteiger partial charge in [0.1, 0.15) is 5.60 Å². The highest BCUT2D eigenvalue weighted by Crippen LogP contribution is 2.49. The van der Waals surface area contributed by atoms with Crippen LogP contribution in [-0.2, 0) is 4.43 Å². The Morgan fingerprint density at radius 2 is 1.88 bits per heavy atom. The monoisotopic (exact) mass is 366 g/mol. The van der Waals surface area contributed by atoms with Gasteiger partial charge in [-0.3, -0.25) is 0 Å². The van der Waals surface area contributed by atoms with Crippen molar-refractivity contribution in [2.24, 2.45) is 11.3 Å². The molecule has 25 heavy (non-hydrogen) atoms. The molecule has 0 amide bonds. The summed E-state index contributed by atoms with van der Waals surface area (Å²) in [6, 6.07) is 0. The van der Waals surface area contributed by atoms with Crippen LogP contribution in [0.3, 0.4) is 0 Å². The Labute approximate surface area is 156 Å². The number of hydrogen-bond donors (Lipinski definition) is 2. The molecule has 3 atom stereocenters. The molecule has 0 spiro atoms. The molecule has 0 aromatic heterocycles. The van der Waals surface area contributed by atoms with Crippen molar-refractivity contribution in [3.63, 3.8) is 0 Å². The Morgan fingerprint density at radius 1 is 1.32 bits per heavy atom. The fraction of sp³-hybridized carbons (Fsp3) is 0.810. The van der Waals surface area contributed by atoms with E-state index in [1.807, 2.05) is 6.92 Å². The molecule has 4 heteroatoms. The summed E-state index contributed by atoms with van der Waals surface area (Å²) in [5, 5.41) is 20.5. The summed E-state index contributed by atoms with van der Waals surface area (Å²) in [7, 11) is -1.83. The van der Waals surface area contributed by atoms with Crippen LogP contribution < -0.4 is 0 Å². The van der Waals surface area contributed by atoms with Crippen LogP contribution >= 0.6 is 0 Å². The molecular formula is C21H38O3Si. The average Bonchev–Trinajstić information content (AvgIpc) is 2.41. The van der Waals surface area contributed by atoms with E-state index in [-0.39, 0.29) is 29.1 Å². The summed E-state index contributed by atoms with van der Waals surface area (Å²) in [5.74, 6) is 6.18. The molecule has 144 valence electrons. The summed E-state index contributed by atoms with van der Waals surface area (Å²) < 4.78 is 6.64. The lowest BCUT2D eigenvalue weighted by Crippen LogP contribution is -2.57. The van der Waals surface area contributed by atoms with Gasteiger partial charge in [-0.25, -0.2) is 0 Å². The average molecular weight is 367 g/mol. The van der Waals surface area contributed by atoms with Crippen LogP contribution in [0.25, 0.3) is 0 Å². The lowest BCUT2D eigenvalue weighted by molar-refractivity contribution is -0.118. The van der Waals surface area contributed by atoms with E-state index in [4.69, 9.17) is 9.53 Å². The number of rotatable bonds is 3. The van der Waals surface area contributed by atoms with E-state index in [0.29, 0.717) is 0 Å². The van der Waals surface area contributed by atoms with Gasteiger partial charge in [0.15, 0.2) is 8.32 Å². The van der Waals surface area contributed by atoms with Crippen LogP contribution in [-0.4, -0.2) is 36.8 Å². The van der Waals surface area contributed by atoms with Crippen molar-refractivity contribution in [2.75, 3.05) is 6.61 Å². The first-order valence-electron chi connectivity index (χ1n) is 9.37. The first kappa shape index (κ1) is 22.4. The minimum absolute atomic E-state index is 0.0275. The van der Waals surface area contributed by atoms with E-state index in [9.17, 15) is 5.11 Å². The molecule has 3 nitrogen and oxygen atoms in total. The zero-order valence-corrected chi connectivity index (χ0v) is 18.7. The number of allylic oxidation sites excluding steroid dienone is 1. The van der Waals surface area contributed by atoms with Crippen LogP contribution in [0.2, 0.25) is 18.1 Å². The molecule has 0 aromatic rings. The summed E-state index contributed by atoms with van der Waals surface area (Å²) in [6.07, 6.45) is 3.46. The molecule has 0 aliphatic heterocycles. The molecule has 0 bridgehead atoms. The van der Waals surface area contributed by atoms with Crippen LogP contribution in [0.1, 0.15) is 61.3 Å². The van der Waals surface area contributed by atoms with Crippen LogP contribution in [0, 0.1) is 23.2 Å². The Hall–Kier alpha value is -0.603. The lowest BCUT2D eigenvalue weighted by Gasteiger charge is -2.52. The van der Waals surface area contributed by atoms with Gasteiger partial charge in [-0.05, 0) is 55.5 Å². The fourth-order valence-corrected chi connectivity index (χ4v) is 4.76. The van der Waals surface area contributed by atoms with Crippen molar-refractivity contribution in [3.05, 3.63) is 11.6 Å². The van der Waals surface area contributed by atoms with Crippen LogP contribution in [0.5, 0.6) is 0 Å². The predicted molar refractivity (Wildman–Crippen MR) is 108 cm³/mol. The number of hydrogen-bond acceptors (Lipinski definition) is 3. The van der Waals surface area contributed by atoms with Crippen molar-refractivity contribution < 1.29 is 14.6 Å². The summed E-state index contributed by atoms with van der Waals surface area (Å²) in [6.45, 7) is 19.4. The molecule has 1 fully saturated rings. The van der Waals surface area contributed by atoms with Gasteiger partial charge in [0.05, 0.1) is 6.61 Å². The fourth-order valence-electron chi connectivity index (χ4n) is 3.40. The predicted octanol–water partition coefficient (Wildman–Crippen LogP) is 4.51. The van der Waals surface area contributed by atoms with Gasteiger partial charge in [0.2, 0.25) is 0 Å². The third kappa shape index (κ3) is 4.98. The molecule has 2 N–H and O–H groups in total. The molecule has 0 radical (unpaired) electrons. The van der Waals surface area contributed by atoms with Crippen LogP contribution in [0.4, 0.5) is 0 Å². The van der Waals surface area contributed by atoms with Gasteiger partial charge in [-0.15, -0.1) is 0 Å². The van der Waals surface area contributed by atoms with Crippen molar-refractivity contribution in [2.45, 2.75) is 91.1 Å². The van der Waals surface area contributed by atoms with Crippen molar-refractivity contribution in [1.29, 1.82) is 0 Å². The highest BCUT2D eigenvalue weighted by molar-refractivity contribution is 6.74. The Kier molecular flexibility index (Phi) is 6.79. The maximum atomic E-state index is 11.4. The van der Waals surface area contributed by atoms with Crippen molar-refractivity contribution in [3.8, 4) is 11.8 Å². The van der Waals surface area contributed by atoms with Crippen molar-refractivity contribution >= 4 is 8.32 Å². The summed E-state index contributed by atoms with van der Waals surface area (Å²) in [5.41, 5.74) is -0.617. The van der Waals surface area contributed by atoms with Crippen molar-refractivity contribution in [1.82, 2.24) is 0 Å². The van der Waals surface area contributed by atoms with E-state index in [0.717, 1.165) is 18.4 Å². The quantitative estimate of drug-likeness (QED) is 0.571. The van der Waals surface area contributed by atoms with E-state index >= 15 is 0 Å². The smallest absolute Gasteiger partial charge is 0.192 e. The number of aliphatic hydroxyl groups excluding tert-OH is 1.